The zero-order chi connectivity index (χ0) is 12.3. The van der Waals surface area contributed by atoms with Crippen LogP contribution in [-0.2, 0) is 6.61 Å². The number of hydrogen-bond acceptors (Lipinski definition) is 1. The van der Waals surface area contributed by atoms with Gasteiger partial charge in [-0.15, -0.1) is 0 Å². The Morgan fingerprint density at radius 3 is 2.35 bits per heavy atom. The Balaban J connectivity index is 2.04. The van der Waals surface area contributed by atoms with Gasteiger partial charge in [0.1, 0.15) is 24.0 Å². The zero-order valence-electron chi connectivity index (χ0n) is 9.41. The van der Waals surface area contributed by atoms with Crippen molar-refractivity contribution in [2.75, 3.05) is 0 Å². The van der Waals surface area contributed by atoms with Crippen LogP contribution in [0, 0.1) is 18.6 Å². The Morgan fingerprint density at radius 2 is 1.71 bits per heavy atom. The van der Waals surface area contributed by atoms with Crippen LogP contribution in [0.2, 0.25) is 0 Å². The van der Waals surface area contributed by atoms with E-state index in [2.05, 4.69) is 0 Å². The molecule has 0 radical (unpaired) electrons. The normalized spacial score (nSPS) is 10.3. The second-order valence-electron chi connectivity index (χ2n) is 3.84. The number of aryl methyl sites for hydroxylation is 1. The molecule has 0 aliphatic rings. The molecule has 0 aromatic heterocycles. The van der Waals surface area contributed by atoms with Gasteiger partial charge in [-0.2, -0.15) is 0 Å². The minimum absolute atomic E-state index is 0.0924. The first-order chi connectivity index (χ1) is 8.15. The first-order valence-electron chi connectivity index (χ1n) is 5.28. The summed E-state index contributed by atoms with van der Waals surface area (Å²) in [6.45, 7) is 2.07. The van der Waals surface area contributed by atoms with Gasteiger partial charge < -0.3 is 4.74 Å². The fourth-order valence-corrected chi connectivity index (χ4v) is 1.43. The number of ether oxygens (including phenoxy) is 1. The number of halogens is 2. The highest BCUT2D eigenvalue weighted by Gasteiger charge is 2.04. The summed E-state index contributed by atoms with van der Waals surface area (Å²) in [4.78, 5) is 0. The van der Waals surface area contributed by atoms with Crippen molar-refractivity contribution in [1.82, 2.24) is 0 Å². The van der Waals surface area contributed by atoms with E-state index >= 15 is 0 Å². The van der Waals surface area contributed by atoms with Crippen molar-refractivity contribution in [3.8, 4) is 5.75 Å². The van der Waals surface area contributed by atoms with E-state index in [0.717, 1.165) is 11.6 Å². The van der Waals surface area contributed by atoms with E-state index in [1.165, 1.54) is 12.1 Å². The van der Waals surface area contributed by atoms with Gasteiger partial charge in [0, 0.05) is 11.6 Å². The number of hydrogen-bond donors (Lipinski definition) is 0. The second-order valence-corrected chi connectivity index (χ2v) is 3.84. The Morgan fingerprint density at radius 1 is 1.00 bits per heavy atom. The topological polar surface area (TPSA) is 9.23 Å². The lowest BCUT2D eigenvalue weighted by Crippen LogP contribution is -1.98. The summed E-state index contributed by atoms with van der Waals surface area (Å²) in [5, 5.41) is 0. The molecule has 0 unspecified atom stereocenters. The van der Waals surface area contributed by atoms with Crippen LogP contribution >= 0.6 is 0 Å². The average Bonchev–Trinajstić information content (AvgIpc) is 2.30. The summed E-state index contributed by atoms with van der Waals surface area (Å²) in [6.07, 6.45) is 0. The molecule has 88 valence electrons. The van der Waals surface area contributed by atoms with E-state index in [9.17, 15) is 8.78 Å². The third-order valence-corrected chi connectivity index (χ3v) is 2.43. The first-order valence-corrected chi connectivity index (χ1v) is 5.28. The summed E-state index contributed by atoms with van der Waals surface area (Å²) < 4.78 is 31.4. The zero-order valence-corrected chi connectivity index (χ0v) is 9.41. The molecular formula is C14H12F2O. The van der Waals surface area contributed by atoms with Crippen molar-refractivity contribution >= 4 is 0 Å². The van der Waals surface area contributed by atoms with Crippen molar-refractivity contribution in [1.29, 1.82) is 0 Å². The molecule has 0 spiro atoms. The molecule has 0 atom stereocenters. The quantitative estimate of drug-likeness (QED) is 0.783. The summed E-state index contributed by atoms with van der Waals surface area (Å²) in [5.41, 5.74) is 1.47. The molecular weight excluding hydrogens is 222 g/mol. The van der Waals surface area contributed by atoms with Gasteiger partial charge in [-0.05, 0) is 31.2 Å². The van der Waals surface area contributed by atoms with Crippen LogP contribution in [-0.4, -0.2) is 0 Å². The van der Waals surface area contributed by atoms with Gasteiger partial charge in [0.05, 0.1) is 0 Å². The van der Waals surface area contributed by atoms with Gasteiger partial charge >= 0.3 is 0 Å². The molecule has 2 aromatic carbocycles. The highest BCUT2D eigenvalue weighted by Crippen LogP contribution is 2.15. The van der Waals surface area contributed by atoms with Crippen LogP contribution in [0.1, 0.15) is 11.1 Å². The molecule has 0 saturated heterocycles. The lowest BCUT2D eigenvalue weighted by atomic mass is 10.2. The van der Waals surface area contributed by atoms with E-state index in [1.54, 1.807) is 0 Å². The van der Waals surface area contributed by atoms with Crippen LogP contribution in [0.3, 0.4) is 0 Å². The lowest BCUT2D eigenvalue weighted by Gasteiger charge is -2.07. The van der Waals surface area contributed by atoms with Crippen molar-refractivity contribution in [3.63, 3.8) is 0 Å². The number of rotatable bonds is 3. The standard InChI is InChI=1S/C14H12F2O/c1-10-2-6-13(7-3-10)17-9-11-4-5-12(15)8-14(11)16/h2-8H,9H2,1H3. The highest BCUT2D eigenvalue weighted by molar-refractivity contribution is 5.27. The third-order valence-electron chi connectivity index (χ3n) is 2.43. The third kappa shape index (κ3) is 3.03. The predicted molar refractivity (Wildman–Crippen MR) is 61.9 cm³/mol. The Bertz CT molecular complexity index is 506. The fourth-order valence-electron chi connectivity index (χ4n) is 1.43. The van der Waals surface area contributed by atoms with Gasteiger partial charge in [0.25, 0.3) is 0 Å². The van der Waals surface area contributed by atoms with E-state index < -0.39 is 11.6 Å². The molecule has 0 N–H and O–H groups in total. The van der Waals surface area contributed by atoms with Crippen molar-refractivity contribution in [3.05, 3.63) is 65.2 Å². The molecule has 2 aromatic rings. The molecule has 3 heteroatoms. The average molecular weight is 234 g/mol. The molecule has 0 aliphatic heterocycles. The minimum atomic E-state index is -0.586. The Kier molecular flexibility index (Phi) is 3.38. The molecule has 0 amide bonds. The second kappa shape index (κ2) is 4.95. The van der Waals surface area contributed by atoms with Crippen LogP contribution in [0.5, 0.6) is 5.75 Å². The Hall–Kier alpha value is -1.90. The van der Waals surface area contributed by atoms with Gasteiger partial charge in [0.2, 0.25) is 0 Å². The predicted octanol–water partition coefficient (Wildman–Crippen LogP) is 3.85. The summed E-state index contributed by atoms with van der Waals surface area (Å²) in [5.74, 6) is -0.502. The van der Waals surface area contributed by atoms with E-state index in [1.807, 2.05) is 31.2 Å². The van der Waals surface area contributed by atoms with Crippen molar-refractivity contribution < 1.29 is 13.5 Å². The molecule has 0 bridgehead atoms. The smallest absolute Gasteiger partial charge is 0.132 e. The summed E-state index contributed by atoms with van der Waals surface area (Å²) in [7, 11) is 0. The number of benzene rings is 2. The molecule has 2 rings (SSSR count). The van der Waals surface area contributed by atoms with Crippen LogP contribution in [0.25, 0.3) is 0 Å². The van der Waals surface area contributed by atoms with E-state index in [0.29, 0.717) is 11.3 Å². The summed E-state index contributed by atoms with van der Waals surface area (Å²) >= 11 is 0. The van der Waals surface area contributed by atoms with Gasteiger partial charge in [-0.3, -0.25) is 0 Å². The van der Waals surface area contributed by atoms with E-state index in [4.69, 9.17) is 4.74 Å². The maximum atomic E-state index is 13.3. The molecule has 0 heterocycles. The van der Waals surface area contributed by atoms with Crippen molar-refractivity contribution in [2.45, 2.75) is 13.5 Å². The Labute approximate surface area is 98.7 Å². The van der Waals surface area contributed by atoms with Crippen molar-refractivity contribution in [2.24, 2.45) is 0 Å². The van der Waals surface area contributed by atoms with Crippen LogP contribution in [0.4, 0.5) is 8.78 Å². The molecule has 0 fully saturated rings. The van der Waals surface area contributed by atoms with Gasteiger partial charge in [-0.25, -0.2) is 8.78 Å². The lowest BCUT2D eigenvalue weighted by molar-refractivity contribution is 0.299. The SMILES string of the molecule is Cc1ccc(OCc2ccc(F)cc2F)cc1. The van der Waals surface area contributed by atoms with Gasteiger partial charge in [0.15, 0.2) is 0 Å². The van der Waals surface area contributed by atoms with Gasteiger partial charge in [-0.1, -0.05) is 17.7 Å². The summed E-state index contributed by atoms with van der Waals surface area (Å²) in [6, 6.07) is 10.9. The fraction of sp³-hybridized carbons (Fsp3) is 0.143. The monoisotopic (exact) mass is 234 g/mol. The molecule has 1 nitrogen and oxygen atoms in total. The van der Waals surface area contributed by atoms with Crippen LogP contribution < -0.4 is 4.74 Å². The molecule has 0 aliphatic carbocycles. The molecule has 0 saturated carbocycles. The molecule has 17 heavy (non-hydrogen) atoms. The largest absolute Gasteiger partial charge is 0.489 e. The minimum Gasteiger partial charge on any atom is -0.489 e. The van der Waals surface area contributed by atoms with E-state index in [-0.39, 0.29) is 6.61 Å². The maximum Gasteiger partial charge on any atom is 0.132 e. The maximum absolute atomic E-state index is 13.3. The first kappa shape index (κ1) is 11.6. The highest BCUT2D eigenvalue weighted by atomic mass is 19.1. The van der Waals surface area contributed by atoms with Crippen LogP contribution in [0.15, 0.2) is 42.5 Å².